The van der Waals surface area contributed by atoms with Crippen LogP contribution in [-0.4, -0.2) is 23.5 Å². The summed E-state index contributed by atoms with van der Waals surface area (Å²) in [5, 5.41) is 16.4. The van der Waals surface area contributed by atoms with Crippen molar-refractivity contribution >= 4 is 22.5 Å². The first kappa shape index (κ1) is 14.8. The normalized spacial score (nSPS) is 11.5. The predicted molar refractivity (Wildman–Crippen MR) is 83.3 cm³/mol. The molecule has 2 rings (SSSR count). The summed E-state index contributed by atoms with van der Waals surface area (Å²) < 4.78 is 0. The molecule has 5 heteroatoms. The van der Waals surface area contributed by atoms with E-state index in [-0.39, 0.29) is 11.7 Å². The number of hydrogen-bond acceptors (Lipinski definition) is 3. The number of oxime groups is 1. The molecule has 110 valence electrons. The minimum absolute atomic E-state index is 0.0233. The lowest BCUT2D eigenvalue weighted by atomic mass is 10.0. The maximum Gasteiger partial charge on any atom is 0.224 e. The number of rotatable bonds is 6. The number of amides is 1. The molecule has 2 aromatic rings. The van der Waals surface area contributed by atoms with Gasteiger partial charge in [-0.05, 0) is 22.8 Å². The summed E-state index contributed by atoms with van der Waals surface area (Å²) in [5.74, 6) is 0.156. The molecule has 0 aromatic heterocycles. The lowest BCUT2D eigenvalue weighted by Crippen LogP contribution is -2.27. The van der Waals surface area contributed by atoms with Crippen LogP contribution in [0.4, 0.5) is 0 Å². The molecule has 0 aliphatic rings. The highest BCUT2D eigenvalue weighted by atomic mass is 16.4. The smallest absolute Gasteiger partial charge is 0.224 e. The van der Waals surface area contributed by atoms with E-state index in [0.717, 1.165) is 10.9 Å². The van der Waals surface area contributed by atoms with Crippen LogP contribution < -0.4 is 11.1 Å². The molecule has 0 radical (unpaired) electrons. The van der Waals surface area contributed by atoms with Crippen LogP contribution in [0.25, 0.3) is 10.8 Å². The number of hydrogen-bond donors (Lipinski definition) is 3. The van der Waals surface area contributed by atoms with E-state index >= 15 is 0 Å². The van der Waals surface area contributed by atoms with Gasteiger partial charge in [0.15, 0.2) is 0 Å². The Bertz CT molecular complexity index is 653. The monoisotopic (exact) mass is 285 g/mol. The number of carbonyl (C=O) groups is 1. The topological polar surface area (TPSA) is 87.7 Å². The van der Waals surface area contributed by atoms with Crippen molar-refractivity contribution in [1.29, 1.82) is 0 Å². The fraction of sp³-hybridized carbons (Fsp3) is 0.250. The van der Waals surface area contributed by atoms with Crippen molar-refractivity contribution in [1.82, 2.24) is 5.32 Å². The lowest BCUT2D eigenvalue weighted by Gasteiger charge is -2.06. The average Bonchev–Trinajstić information content (AvgIpc) is 2.51. The van der Waals surface area contributed by atoms with Crippen LogP contribution in [0, 0.1) is 0 Å². The Kier molecular flexibility index (Phi) is 5.15. The second-order valence-electron chi connectivity index (χ2n) is 4.90. The summed E-state index contributed by atoms with van der Waals surface area (Å²) in [4.78, 5) is 11.8. The molecule has 4 N–H and O–H groups in total. The molecule has 0 bridgehead atoms. The summed E-state index contributed by atoms with van der Waals surface area (Å²) in [7, 11) is 0. The molecule has 0 unspecified atom stereocenters. The van der Waals surface area contributed by atoms with Gasteiger partial charge in [-0.1, -0.05) is 47.6 Å². The summed E-state index contributed by atoms with van der Waals surface area (Å²) >= 11 is 0. The van der Waals surface area contributed by atoms with Gasteiger partial charge in [-0.3, -0.25) is 4.79 Å². The molecule has 0 fully saturated rings. The van der Waals surface area contributed by atoms with E-state index in [1.807, 2.05) is 42.5 Å². The lowest BCUT2D eigenvalue weighted by molar-refractivity contribution is -0.120. The third-order valence-electron chi connectivity index (χ3n) is 3.24. The number of carbonyl (C=O) groups excluding carboxylic acids is 1. The number of amidine groups is 1. The van der Waals surface area contributed by atoms with Crippen LogP contribution in [0.15, 0.2) is 47.6 Å². The third kappa shape index (κ3) is 4.49. The van der Waals surface area contributed by atoms with E-state index in [1.165, 1.54) is 5.39 Å². The van der Waals surface area contributed by atoms with E-state index in [4.69, 9.17) is 10.9 Å². The standard InChI is InChI=1S/C16H19N3O2/c17-15(19-21)6-3-9-18-16(20)11-12-7-8-13-4-1-2-5-14(13)10-12/h1-2,4-5,7-8,10,21H,3,6,9,11H2,(H2,17,19)(H,18,20). The van der Waals surface area contributed by atoms with Crippen molar-refractivity contribution in [2.24, 2.45) is 10.9 Å². The zero-order valence-corrected chi connectivity index (χ0v) is 11.7. The Morgan fingerprint density at radius 2 is 1.95 bits per heavy atom. The minimum Gasteiger partial charge on any atom is -0.409 e. The highest BCUT2D eigenvalue weighted by Gasteiger charge is 2.04. The number of fused-ring (bicyclic) bond motifs is 1. The molecule has 5 nitrogen and oxygen atoms in total. The number of nitrogens with one attached hydrogen (secondary N) is 1. The van der Waals surface area contributed by atoms with E-state index in [0.29, 0.717) is 25.8 Å². The van der Waals surface area contributed by atoms with Crippen LogP contribution in [-0.2, 0) is 11.2 Å². The quantitative estimate of drug-likeness (QED) is 0.249. The van der Waals surface area contributed by atoms with Gasteiger partial charge in [0.1, 0.15) is 5.84 Å². The van der Waals surface area contributed by atoms with Crippen molar-refractivity contribution in [3.63, 3.8) is 0 Å². The summed E-state index contributed by atoms with van der Waals surface area (Å²) in [6.07, 6.45) is 1.47. The molecular weight excluding hydrogens is 266 g/mol. The van der Waals surface area contributed by atoms with Crippen molar-refractivity contribution < 1.29 is 10.0 Å². The average molecular weight is 285 g/mol. The van der Waals surface area contributed by atoms with Gasteiger partial charge in [-0.15, -0.1) is 0 Å². The number of benzene rings is 2. The Morgan fingerprint density at radius 1 is 1.19 bits per heavy atom. The van der Waals surface area contributed by atoms with Gasteiger partial charge in [0.05, 0.1) is 6.42 Å². The first-order valence-electron chi connectivity index (χ1n) is 6.90. The van der Waals surface area contributed by atoms with E-state index in [2.05, 4.69) is 10.5 Å². The molecule has 0 aliphatic heterocycles. The van der Waals surface area contributed by atoms with Crippen molar-refractivity contribution in [3.8, 4) is 0 Å². The zero-order valence-electron chi connectivity index (χ0n) is 11.7. The highest BCUT2D eigenvalue weighted by molar-refractivity contribution is 5.85. The SMILES string of the molecule is NC(CCCNC(=O)Cc1ccc2ccccc2c1)=NO. The summed E-state index contributed by atoms with van der Waals surface area (Å²) in [5.41, 5.74) is 6.34. The first-order chi connectivity index (χ1) is 10.2. The van der Waals surface area contributed by atoms with Gasteiger partial charge < -0.3 is 16.3 Å². The van der Waals surface area contributed by atoms with Crippen molar-refractivity contribution in [3.05, 3.63) is 48.0 Å². The van der Waals surface area contributed by atoms with Crippen molar-refractivity contribution in [2.45, 2.75) is 19.3 Å². The number of nitrogens with two attached hydrogens (primary N) is 1. The molecule has 1 amide bonds. The Labute approximate surface area is 123 Å². The van der Waals surface area contributed by atoms with Gasteiger partial charge in [-0.25, -0.2) is 0 Å². The molecule has 0 aliphatic carbocycles. The molecular formula is C16H19N3O2. The van der Waals surface area contributed by atoms with E-state index < -0.39 is 0 Å². The molecule has 21 heavy (non-hydrogen) atoms. The highest BCUT2D eigenvalue weighted by Crippen LogP contribution is 2.15. The maximum atomic E-state index is 11.8. The molecule has 0 atom stereocenters. The molecule has 0 spiro atoms. The molecule has 0 saturated heterocycles. The van der Waals surface area contributed by atoms with E-state index in [9.17, 15) is 4.79 Å². The predicted octanol–water partition coefficient (Wildman–Crippen LogP) is 2.03. The fourth-order valence-corrected chi connectivity index (χ4v) is 2.14. The van der Waals surface area contributed by atoms with E-state index in [1.54, 1.807) is 0 Å². The zero-order chi connectivity index (χ0) is 15.1. The van der Waals surface area contributed by atoms with Crippen LogP contribution in [0.2, 0.25) is 0 Å². The summed E-state index contributed by atoms with van der Waals surface area (Å²) in [6, 6.07) is 14.1. The number of nitrogens with zero attached hydrogens (tertiary/aromatic N) is 1. The van der Waals surface area contributed by atoms with Gasteiger partial charge >= 0.3 is 0 Å². The third-order valence-corrected chi connectivity index (χ3v) is 3.24. The molecule has 0 heterocycles. The van der Waals surface area contributed by atoms with Crippen LogP contribution in [0.3, 0.4) is 0 Å². The maximum absolute atomic E-state index is 11.8. The van der Waals surface area contributed by atoms with Crippen LogP contribution in [0.5, 0.6) is 0 Å². The fourth-order valence-electron chi connectivity index (χ4n) is 2.14. The second kappa shape index (κ2) is 7.28. The Morgan fingerprint density at radius 3 is 2.71 bits per heavy atom. The molecule has 2 aromatic carbocycles. The van der Waals surface area contributed by atoms with Gasteiger partial charge in [0, 0.05) is 13.0 Å². The minimum atomic E-state index is -0.0233. The Balaban J connectivity index is 1.84. The second-order valence-corrected chi connectivity index (χ2v) is 4.90. The van der Waals surface area contributed by atoms with Gasteiger partial charge in [0.2, 0.25) is 5.91 Å². The first-order valence-corrected chi connectivity index (χ1v) is 6.90. The van der Waals surface area contributed by atoms with Crippen LogP contribution in [0.1, 0.15) is 18.4 Å². The van der Waals surface area contributed by atoms with Gasteiger partial charge in [-0.2, -0.15) is 0 Å². The largest absolute Gasteiger partial charge is 0.409 e. The van der Waals surface area contributed by atoms with Gasteiger partial charge in [0.25, 0.3) is 0 Å². The Hall–Kier alpha value is -2.56. The van der Waals surface area contributed by atoms with Crippen molar-refractivity contribution in [2.75, 3.05) is 6.54 Å². The molecule has 0 saturated carbocycles. The summed E-state index contributed by atoms with van der Waals surface area (Å²) in [6.45, 7) is 0.517. The van der Waals surface area contributed by atoms with Crippen LogP contribution >= 0.6 is 0 Å².